The Bertz CT molecular complexity index is 639. The smallest absolute Gasteiger partial charge is 0.191 e. The fourth-order valence-corrected chi connectivity index (χ4v) is 3.44. The molecule has 1 unspecified atom stereocenters. The predicted octanol–water partition coefficient (Wildman–Crippen LogP) is 3.24. The summed E-state index contributed by atoms with van der Waals surface area (Å²) in [7, 11) is -1.26. The van der Waals surface area contributed by atoms with Crippen molar-refractivity contribution in [3.8, 4) is 0 Å². The van der Waals surface area contributed by atoms with Crippen molar-refractivity contribution in [1.82, 2.24) is 10.6 Å². The Morgan fingerprint density at radius 1 is 1.28 bits per heavy atom. The molecule has 25 heavy (non-hydrogen) atoms. The third-order valence-corrected chi connectivity index (χ3v) is 6.12. The molecule has 8 heteroatoms. The highest BCUT2D eigenvalue weighted by Crippen LogP contribution is 2.16. The van der Waals surface area contributed by atoms with E-state index in [0.29, 0.717) is 18.4 Å². The Morgan fingerprint density at radius 2 is 2.00 bits per heavy atom. The first kappa shape index (κ1) is 24.7. The van der Waals surface area contributed by atoms with Gasteiger partial charge in [-0.25, -0.2) is 8.42 Å². The van der Waals surface area contributed by atoms with E-state index in [1.807, 2.05) is 12.1 Å². The molecule has 0 aliphatic carbocycles. The summed E-state index contributed by atoms with van der Waals surface area (Å²) in [4.78, 5) is 4.15. The molecule has 0 spiro atoms. The maximum absolute atomic E-state index is 11.5. The number of hydrogen-bond acceptors (Lipinski definition) is 3. The highest BCUT2D eigenvalue weighted by Gasteiger charge is 2.10. The van der Waals surface area contributed by atoms with Crippen LogP contribution in [0.2, 0.25) is 0 Å². The van der Waals surface area contributed by atoms with Gasteiger partial charge in [-0.2, -0.15) is 0 Å². The van der Waals surface area contributed by atoms with E-state index in [2.05, 4.69) is 50.6 Å². The lowest BCUT2D eigenvalue weighted by Crippen LogP contribution is -2.41. The number of nitrogens with zero attached hydrogens (tertiary/aromatic N) is 1. The highest BCUT2D eigenvalue weighted by molar-refractivity contribution is 14.0. The standard InChI is InChI=1S/C17H28BrN3O2S.HI/c1-4-14(11-15-7-6-8-16(18)12-15)13-21-17(19-3)20-9-10-24(22,23)5-2;/h6-8,12,14H,4-5,9-11,13H2,1-3H3,(H2,19,20,21);1H. The van der Waals surface area contributed by atoms with Crippen molar-refractivity contribution in [1.29, 1.82) is 0 Å². The maximum Gasteiger partial charge on any atom is 0.191 e. The molecule has 2 N–H and O–H groups in total. The van der Waals surface area contributed by atoms with E-state index in [0.717, 1.165) is 23.9 Å². The van der Waals surface area contributed by atoms with Gasteiger partial charge < -0.3 is 10.6 Å². The van der Waals surface area contributed by atoms with Gasteiger partial charge in [0, 0.05) is 30.4 Å². The second-order valence-electron chi connectivity index (χ2n) is 5.72. The average Bonchev–Trinajstić information content (AvgIpc) is 2.56. The number of benzene rings is 1. The van der Waals surface area contributed by atoms with Crippen molar-refractivity contribution in [2.45, 2.75) is 26.7 Å². The lowest BCUT2D eigenvalue weighted by molar-refractivity contribution is 0.494. The van der Waals surface area contributed by atoms with Crippen LogP contribution >= 0.6 is 39.9 Å². The number of hydrogen-bond donors (Lipinski definition) is 2. The molecule has 0 aliphatic rings. The summed E-state index contributed by atoms with van der Waals surface area (Å²) in [6.45, 7) is 5.01. The van der Waals surface area contributed by atoms with Gasteiger partial charge in [0.25, 0.3) is 0 Å². The van der Waals surface area contributed by atoms with Crippen LogP contribution in [0, 0.1) is 5.92 Å². The Balaban J connectivity index is 0.00000576. The van der Waals surface area contributed by atoms with Crippen molar-refractivity contribution in [3.63, 3.8) is 0 Å². The summed E-state index contributed by atoms with van der Waals surface area (Å²) >= 11 is 3.50. The molecule has 0 aromatic heterocycles. The molecule has 0 bridgehead atoms. The zero-order valence-corrected chi connectivity index (χ0v) is 19.8. The quantitative estimate of drug-likeness (QED) is 0.284. The molecule has 1 aromatic carbocycles. The van der Waals surface area contributed by atoms with Crippen LogP contribution in [0.4, 0.5) is 0 Å². The third-order valence-electron chi connectivity index (χ3n) is 3.92. The Labute approximate surface area is 177 Å². The van der Waals surface area contributed by atoms with Crippen molar-refractivity contribution in [2.24, 2.45) is 10.9 Å². The maximum atomic E-state index is 11.5. The second-order valence-corrected chi connectivity index (χ2v) is 9.11. The van der Waals surface area contributed by atoms with Crippen LogP contribution in [0.25, 0.3) is 0 Å². The average molecular weight is 546 g/mol. The topological polar surface area (TPSA) is 70.6 Å². The van der Waals surface area contributed by atoms with E-state index in [4.69, 9.17) is 0 Å². The van der Waals surface area contributed by atoms with E-state index in [1.165, 1.54) is 5.56 Å². The van der Waals surface area contributed by atoms with Crippen LogP contribution < -0.4 is 10.6 Å². The summed E-state index contributed by atoms with van der Waals surface area (Å²) in [5.41, 5.74) is 1.30. The monoisotopic (exact) mass is 545 g/mol. The van der Waals surface area contributed by atoms with Gasteiger partial charge >= 0.3 is 0 Å². The number of sulfone groups is 1. The molecule has 1 aromatic rings. The number of rotatable bonds is 9. The van der Waals surface area contributed by atoms with Crippen LogP contribution in [-0.4, -0.2) is 46.0 Å². The van der Waals surface area contributed by atoms with E-state index in [-0.39, 0.29) is 35.5 Å². The molecule has 0 aliphatic heterocycles. The highest BCUT2D eigenvalue weighted by atomic mass is 127. The number of aliphatic imine (C=N–C) groups is 1. The first-order chi connectivity index (χ1) is 11.4. The number of nitrogens with one attached hydrogen (secondary N) is 2. The lowest BCUT2D eigenvalue weighted by Gasteiger charge is -2.18. The fraction of sp³-hybridized carbons (Fsp3) is 0.588. The Kier molecular flexibility index (Phi) is 12.7. The molecule has 5 nitrogen and oxygen atoms in total. The zero-order valence-electron chi connectivity index (χ0n) is 15.1. The molecule has 0 heterocycles. The SMILES string of the molecule is CCC(CNC(=NC)NCCS(=O)(=O)CC)Cc1cccc(Br)c1.I. The van der Waals surface area contributed by atoms with Crippen LogP contribution in [0.1, 0.15) is 25.8 Å². The minimum atomic E-state index is -2.95. The van der Waals surface area contributed by atoms with Gasteiger partial charge in [-0.05, 0) is 30.0 Å². The molecule has 0 saturated heterocycles. The van der Waals surface area contributed by atoms with Gasteiger partial charge in [0.1, 0.15) is 0 Å². The number of halogens is 2. The summed E-state index contributed by atoms with van der Waals surface area (Å²) in [5, 5.41) is 6.36. The van der Waals surface area contributed by atoms with E-state index in [9.17, 15) is 8.42 Å². The van der Waals surface area contributed by atoms with Crippen LogP contribution in [0.5, 0.6) is 0 Å². The first-order valence-corrected chi connectivity index (χ1v) is 10.9. The summed E-state index contributed by atoms with van der Waals surface area (Å²) in [6.07, 6.45) is 2.05. The van der Waals surface area contributed by atoms with Crippen LogP contribution in [0.15, 0.2) is 33.7 Å². The lowest BCUT2D eigenvalue weighted by atomic mass is 9.97. The summed E-state index contributed by atoms with van der Waals surface area (Å²) in [5.74, 6) is 1.43. The van der Waals surface area contributed by atoms with Gasteiger partial charge in [0.2, 0.25) is 0 Å². The molecule has 1 rings (SSSR count). The molecule has 144 valence electrons. The van der Waals surface area contributed by atoms with Gasteiger partial charge in [-0.1, -0.05) is 48.3 Å². The fourth-order valence-electron chi connectivity index (χ4n) is 2.29. The van der Waals surface area contributed by atoms with Crippen molar-refractivity contribution in [2.75, 3.05) is 31.6 Å². The largest absolute Gasteiger partial charge is 0.356 e. The molecule has 0 amide bonds. The summed E-state index contributed by atoms with van der Waals surface area (Å²) in [6, 6.07) is 8.36. The summed E-state index contributed by atoms with van der Waals surface area (Å²) < 4.78 is 24.1. The van der Waals surface area contributed by atoms with Crippen molar-refractivity contribution in [3.05, 3.63) is 34.3 Å². The predicted molar refractivity (Wildman–Crippen MR) is 121 cm³/mol. The first-order valence-electron chi connectivity index (χ1n) is 8.29. The Hall–Kier alpha value is -0.350. The van der Waals surface area contributed by atoms with Crippen LogP contribution in [-0.2, 0) is 16.3 Å². The third kappa shape index (κ3) is 10.4. The van der Waals surface area contributed by atoms with E-state index >= 15 is 0 Å². The molecule has 1 atom stereocenters. The zero-order chi connectivity index (χ0) is 18.0. The van der Waals surface area contributed by atoms with Gasteiger partial charge in [-0.15, -0.1) is 24.0 Å². The van der Waals surface area contributed by atoms with Gasteiger partial charge in [0.15, 0.2) is 15.8 Å². The molecule has 0 fully saturated rings. The second kappa shape index (κ2) is 12.9. The minimum Gasteiger partial charge on any atom is -0.356 e. The normalized spacial score (nSPS) is 13.0. The van der Waals surface area contributed by atoms with Crippen molar-refractivity contribution >= 4 is 55.7 Å². The van der Waals surface area contributed by atoms with Crippen molar-refractivity contribution < 1.29 is 8.42 Å². The van der Waals surface area contributed by atoms with Crippen LogP contribution in [0.3, 0.4) is 0 Å². The minimum absolute atomic E-state index is 0. The molecular weight excluding hydrogens is 517 g/mol. The van der Waals surface area contributed by atoms with Gasteiger partial charge in [0.05, 0.1) is 5.75 Å². The molecular formula is C17H29BrIN3O2S. The molecule has 0 saturated carbocycles. The van der Waals surface area contributed by atoms with E-state index < -0.39 is 9.84 Å². The Morgan fingerprint density at radius 3 is 2.56 bits per heavy atom. The van der Waals surface area contributed by atoms with E-state index in [1.54, 1.807) is 14.0 Å². The number of guanidine groups is 1. The van der Waals surface area contributed by atoms with Gasteiger partial charge in [-0.3, -0.25) is 4.99 Å². The molecule has 0 radical (unpaired) electrons.